The van der Waals surface area contributed by atoms with Gasteiger partial charge in [-0.2, -0.15) is 11.8 Å². The first kappa shape index (κ1) is 11.9. The molecule has 0 N–H and O–H groups in total. The normalized spacial score (nSPS) is 17.2. The van der Waals surface area contributed by atoms with E-state index in [1.54, 1.807) is 7.11 Å². The number of pyridine rings is 1. The summed E-state index contributed by atoms with van der Waals surface area (Å²) in [6.45, 7) is 0. The summed E-state index contributed by atoms with van der Waals surface area (Å²) >= 11 is 2.07. The first-order valence-corrected chi connectivity index (χ1v) is 7.60. The Balaban J connectivity index is 1.86. The summed E-state index contributed by atoms with van der Waals surface area (Å²) in [6.07, 6.45) is 7.72. The van der Waals surface area contributed by atoms with Crippen molar-refractivity contribution in [3.8, 4) is 5.75 Å². The molecule has 2 aromatic heterocycles. The Morgan fingerprint density at radius 1 is 1.39 bits per heavy atom. The van der Waals surface area contributed by atoms with Crippen LogP contribution >= 0.6 is 11.8 Å². The zero-order chi connectivity index (χ0) is 12.4. The summed E-state index contributed by atoms with van der Waals surface area (Å²) < 4.78 is 7.45. The molecule has 1 saturated heterocycles. The molecule has 0 saturated carbocycles. The van der Waals surface area contributed by atoms with E-state index in [4.69, 9.17) is 4.74 Å². The highest BCUT2D eigenvalue weighted by Crippen LogP contribution is 2.26. The van der Waals surface area contributed by atoms with Crippen molar-refractivity contribution in [1.29, 1.82) is 0 Å². The fourth-order valence-electron chi connectivity index (χ4n) is 2.50. The number of hydrogen-bond donors (Lipinski definition) is 0. The molecule has 18 heavy (non-hydrogen) atoms. The fraction of sp³-hybridized carbons (Fsp3) is 0.500. The van der Waals surface area contributed by atoms with Crippen LogP contribution in [0.1, 0.15) is 18.7 Å². The van der Waals surface area contributed by atoms with Crippen molar-refractivity contribution in [3.63, 3.8) is 0 Å². The fourth-order valence-corrected chi connectivity index (χ4v) is 3.71. The van der Waals surface area contributed by atoms with Crippen LogP contribution in [0.25, 0.3) is 5.52 Å². The molecular weight excluding hydrogens is 244 g/mol. The molecule has 0 aliphatic carbocycles. The lowest BCUT2D eigenvalue weighted by Crippen LogP contribution is -2.13. The third-order valence-electron chi connectivity index (χ3n) is 3.62. The Morgan fingerprint density at radius 2 is 2.22 bits per heavy atom. The summed E-state index contributed by atoms with van der Waals surface area (Å²) in [5.74, 6) is 5.46. The monoisotopic (exact) mass is 262 g/mol. The van der Waals surface area contributed by atoms with Crippen LogP contribution in [-0.2, 0) is 6.42 Å². The van der Waals surface area contributed by atoms with E-state index in [1.165, 1.54) is 30.2 Å². The van der Waals surface area contributed by atoms with E-state index >= 15 is 0 Å². The van der Waals surface area contributed by atoms with Gasteiger partial charge in [0, 0.05) is 6.42 Å². The van der Waals surface area contributed by atoms with E-state index in [2.05, 4.69) is 27.2 Å². The summed E-state index contributed by atoms with van der Waals surface area (Å²) in [4.78, 5) is 4.57. The second-order valence-electron chi connectivity index (χ2n) is 4.80. The first-order chi connectivity index (χ1) is 8.86. The Hall–Kier alpha value is -1.16. The van der Waals surface area contributed by atoms with E-state index in [-0.39, 0.29) is 0 Å². The lowest BCUT2D eigenvalue weighted by molar-refractivity contribution is 0.411. The summed E-state index contributed by atoms with van der Waals surface area (Å²) in [7, 11) is 1.70. The standard InChI is InChI=1S/C14H18N2OS/c1-17-13-3-2-12-9-15-14(16(12)10-13)8-11-4-6-18-7-5-11/h2-3,9-11H,4-8H2,1H3. The molecule has 1 aliphatic heterocycles. The van der Waals surface area contributed by atoms with Crippen molar-refractivity contribution in [1.82, 2.24) is 9.38 Å². The van der Waals surface area contributed by atoms with Gasteiger partial charge in [-0.15, -0.1) is 0 Å². The Morgan fingerprint density at radius 3 is 3.00 bits per heavy atom. The lowest BCUT2D eigenvalue weighted by atomic mass is 9.98. The quantitative estimate of drug-likeness (QED) is 0.850. The zero-order valence-electron chi connectivity index (χ0n) is 10.6. The molecule has 96 valence electrons. The average molecular weight is 262 g/mol. The van der Waals surface area contributed by atoms with Crippen molar-refractivity contribution in [3.05, 3.63) is 30.4 Å². The number of aromatic nitrogens is 2. The lowest BCUT2D eigenvalue weighted by Gasteiger charge is -2.20. The number of nitrogens with zero attached hydrogens (tertiary/aromatic N) is 2. The number of thioether (sulfide) groups is 1. The van der Waals surface area contributed by atoms with Crippen LogP contribution in [0.3, 0.4) is 0 Å². The van der Waals surface area contributed by atoms with E-state index < -0.39 is 0 Å². The van der Waals surface area contributed by atoms with Crippen LogP contribution in [0.5, 0.6) is 5.75 Å². The molecule has 0 amide bonds. The number of fused-ring (bicyclic) bond motifs is 1. The summed E-state index contributed by atoms with van der Waals surface area (Å²) in [5.41, 5.74) is 1.15. The van der Waals surface area contributed by atoms with Crippen LogP contribution in [0, 0.1) is 5.92 Å². The van der Waals surface area contributed by atoms with Crippen molar-refractivity contribution in [2.75, 3.05) is 18.6 Å². The SMILES string of the molecule is COc1ccc2cnc(CC3CCSCC3)n2c1. The highest BCUT2D eigenvalue weighted by Gasteiger charge is 2.16. The van der Waals surface area contributed by atoms with Crippen LogP contribution in [-0.4, -0.2) is 28.0 Å². The van der Waals surface area contributed by atoms with Gasteiger partial charge in [-0.25, -0.2) is 4.98 Å². The first-order valence-electron chi connectivity index (χ1n) is 6.44. The number of ether oxygens (including phenoxy) is 1. The minimum Gasteiger partial charge on any atom is -0.495 e. The zero-order valence-corrected chi connectivity index (χ0v) is 11.4. The van der Waals surface area contributed by atoms with Crippen molar-refractivity contribution < 1.29 is 4.74 Å². The molecule has 3 heterocycles. The van der Waals surface area contributed by atoms with Gasteiger partial charge in [0.2, 0.25) is 0 Å². The summed E-state index contributed by atoms with van der Waals surface area (Å²) in [6, 6.07) is 4.05. The topological polar surface area (TPSA) is 26.5 Å². The molecule has 3 rings (SSSR count). The molecule has 0 atom stereocenters. The molecule has 2 aromatic rings. The number of methoxy groups -OCH3 is 1. The molecule has 0 aromatic carbocycles. The predicted molar refractivity (Wildman–Crippen MR) is 75.5 cm³/mol. The van der Waals surface area contributed by atoms with Crippen molar-refractivity contribution in [2.45, 2.75) is 19.3 Å². The second-order valence-corrected chi connectivity index (χ2v) is 6.02. The van der Waals surface area contributed by atoms with Gasteiger partial charge < -0.3 is 9.14 Å². The minimum atomic E-state index is 0.794. The van der Waals surface area contributed by atoms with E-state index in [0.29, 0.717) is 0 Å². The van der Waals surface area contributed by atoms with Crippen LogP contribution in [0.15, 0.2) is 24.5 Å². The molecular formula is C14H18N2OS. The van der Waals surface area contributed by atoms with Gasteiger partial charge in [-0.3, -0.25) is 0 Å². The number of hydrogen-bond acceptors (Lipinski definition) is 3. The predicted octanol–water partition coefficient (Wildman–Crippen LogP) is 3.03. The molecule has 1 fully saturated rings. The van der Waals surface area contributed by atoms with E-state index in [0.717, 1.165) is 23.6 Å². The Labute approximate surface area is 112 Å². The van der Waals surface area contributed by atoms with Gasteiger partial charge in [0.25, 0.3) is 0 Å². The van der Waals surface area contributed by atoms with Crippen molar-refractivity contribution >= 4 is 17.3 Å². The molecule has 4 heteroatoms. The Kier molecular flexibility index (Phi) is 3.46. The van der Waals surface area contributed by atoms with Gasteiger partial charge in [-0.1, -0.05) is 0 Å². The Bertz CT molecular complexity index is 532. The highest BCUT2D eigenvalue weighted by atomic mass is 32.2. The third-order valence-corrected chi connectivity index (χ3v) is 4.67. The number of imidazole rings is 1. The molecule has 0 unspecified atom stereocenters. The number of rotatable bonds is 3. The van der Waals surface area contributed by atoms with Gasteiger partial charge in [-0.05, 0) is 42.4 Å². The molecule has 3 nitrogen and oxygen atoms in total. The second kappa shape index (κ2) is 5.22. The highest BCUT2D eigenvalue weighted by molar-refractivity contribution is 7.99. The van der Waals surface area contributed by atoms with Gasteiger partial charge in [0.1, 0.15) is 11.6 Å². The molecule has 0 bridgehead atoms. The van der Waals surface area contributed by atoms with Crippen LogP contribution in [0.4, 0.5) is 0 Å². The summed E-state index contributed by atoms with van der Waals surface area (Å²) in [5, 5.41) is 0. The molecule has 0 spiro atoms. The molecule has 1 aliphatic rings. The van der Waals surface area contributed by atoms with Gasteiger partial charge >= 0.3 is 0 Å². The van der Waals surface area contributed by atoms with Crippen molar-refractivity contribution in [2.24, 2.45) is 5.92 Å². The van der Waals surface area contributed by atoms with Crippen LogP contribution in [0.2, 0.25) is 0 Å². The molecule has 0 radical (unpaired) electrons. The largest absolute Gasteiger partial charge is 0.495 e. The average Bonchev–Trinajstić information content (AvgIpc) is 2.82. The third kappa shape index (κ3) is 2.34. The van der Waals surface area contributed by atoms with E-state index in [9.17, 15) is 0 Å². The maximum absolute atomic E-state index is 5.28. The van der Waals surface area contributed by atoms with Gasteiger partial charge in [0.05, 0.1) is 25.0 Å². The smallest absolute Gasteiger partial charge is 0.135 e. The van der Waals surface area contributed by atoms with Crippen LogP contribution < -0.4 is 4.74 Å². The van der Waals surface area contributed by atoms with Gasteiger partial charge in [0.15, 0.2) is 0 Å². The maximum atomic E-state index is 5.28. The van der Waals surface area contributed by atoms with E-state index in [1.807, 2.05) is 18.5 Å². The maximum Gasteiger partial charge on any atom is 0.135 e. The minimum absolute atomic E-state index is 0.794.